The molecule has 13 heavy (non-hydrogen) atoms. The van der Waals surface area contributed by atoms with Crippen LogP contribution in [0.5, 0.6) is 0 Å². The molecule has 1 heterocycles. The van der Waals surface area contributed by atoms with E-state index in [9.17, 15) is 4.79 Å². The van der Waals surface area contributed by atoms with Gasteiger partial charge in [0.15, 0.2) is 0 Å². The minimum atomic E-state index is -0.136. The lowest BCUT2D eigenvalue weighted by atomic mass is 10.2. The zero-order valence-electron chi connectivity index (χ0n) is 6.77. The molecule has 0 saturated carbocycles. The van der Waals surface area contributed by atoms with E-state index < -0.39 is 0 Å². The molecule has 5 heteroatoms. The highest BCUT2D eigenvalue weighted by atomic mass is 16.2. The molecule has 0 bridgehead atoms. The molecule has 0 fully saturated rings. The van der Waals surface area contributed by atoms with E-state index >= 15 is 0 Å². The van der Waals surface area contributed by atoms with Crippen molar-refractivity contribution >= 4 is 18.8 Å². The van der Waals surface area contributed by atoms with Gasteiger partial charge in [-0.2, -0.15) is 5.10 Å². The molecule has 0 saturated heterocycles. The van der Waals surface area contributed by atoms with Gasteiger partial charge in [-0.25, -0.2) is 5.10 Å². The second-order valence-corrected chi connectivity index (χ2v) is 2.29. The maximum atomic E-state index is 11.1. The SMILES string of the molecule is O=c1[nH]ncc2ccccc12.[B]O. The molecule has 0 atom stereocenters. The van der Waals surface area contributed by atoms with Gasteiger partial charge in [0.05, 0.1) is 6.20 Å². The van der Waals surface area contributed by atoms with Gasteiger partial charge in [-0.1, -0.05) is 18.2 Å². The van der Waals surface area contributed by atoms with Gasteiger partial charge < -0.3 is 5.02 Å². The van der Waals surface area contributed by atoms with Crippen molar-refractivity contribution in [2.45, 2.75) is 0 Å². The minimum Gasteiger partial charge on any atom is -0.461 e. The van der Waals surface area contributed by atoms with Crippen LogP contribution in [0.15, 0.2) is 35.3 Å². The first-order chi connectivity index (χ1) is 6.38. The lowest BCUT2D eigenvalue weighted by molar-refractivity contribution is 0.629. The third-order valence-corrected chi connectivity index (χ3v) is 1.58. The quantitative estimate of drug-likeness (QED) is 0.551. The molecule has 2 N–H and O–H groups in total. The monoisotopic (exact) mass is 174 g/mol. The Morgan fingerprint density at radius 3 is 2.69 bits per heavy atom. The highest BCUT2D eigenvalue weighted by Crippen LogP contribution is 2.04. The number of rotatable bonds is 0. The average Bonchev–Trinajstić information content (AvgIpc) is 2.22. The van der Waals surface area contributed by atoms with Gasteiger partial charge in [0.2, 0.25) is 0 Å². The summed E-state index contributed by atoms with van der Waals surface area (Å²) in [5, 5.41) is 14.1. The Balaban J connectivity index is 0.000000396. The molecule has 0 spiro atoms. The van der Waals surface area contributed by atoms with Crippen LogP contribution < -0.4 is 5.56 Å². The zero-order valence-corrected chi connectivity index (χ0v) is 6.77. The van der Waals surface area contributed by atoms with Gasteiger partial charge in [-0.05, 0) is 6.07 Å². The molecule has 2 aromatic rings. The van der Waals surface area contributed by atoms with E-state index in [1.807, 2.05) is 18.2 Å². The highest BCUT2D eigenvalue weighted by Gasteiger charge is 1.93. The number of nitrogens with zero attached hydrogens (tertiary/aromatic N) is 1. The summed E-state index contributed by atoms with van der Waals surface area (Å²) in [6, 6.07) is 7.34. The molecule has 2 rings (SSSR count). The molecular weight excluding hydrogens is 167 g/mol. The van der Waals surface area contributed by atoms with Gasteiger partial charge >= 0.3 is 0 Å². The van der Waals surface area contributed by atoms with Gasteiger partial charge in [0.1, 0.15) is 0 Å². The van der Waals surface area contributed by atoms with Crippen molar-refractivity contribution in [1.82, 2.24) is 10.2 Å². The number of hydrogen-bond acceptors (Lipinski definition) is 3. The molecule has 4 nitrogen and oxygen atoms in total. The van der Waals surface area contributed by atoms with E-state index in [0.29, 0.717) is 5.39 Å². The van der Waals surface area contributed by atoms with Crippen LogP contribution in [-0.2, 0) is 0 Å². The maximum absolute atomic E-state index is 11.1. The van der Waals surface area contributed by atoms with Crippen LogP contribution in [0.3, 0.4) is 0 Å². The van der Waals surface area contributed by atoms with Crippen molar-refractivity contribution in [3.05, 3.63) is 40.8 Å². The molecular formula is C8H7BN2O2. The summed E-state index contributed by atoms with van der Waals surface area (Å²) in [6.07, 6.45) is 1.64. The van der Waals surface area contributed by atoms with Crippen LogP contribution in [0.1, 0.15) is 0 Å². The fraction of sp³-hybridized carbons (Fsp3) is 0. The summed E-state index contributed by atoms with van der Waals surface area (Å²) >= 11 is 0. The summed E-state index contributed by atoms with van der Waals surface area (Å²) in [6.45, 7) is 0. The predicted octanol–water partition coefficient (Wildman–Crippen LogP) is -0.0147. The standard InChI is InChI=1S/C8H6N2O.BHO/c11-8-7-4-2-1-3-6(7)5-9-10-8;1-2/h1-5H,(H,10,11);2H. The lowest BCUT2D eigenvalue weighted by Crippen LogP contribution is -2.06. The summed E-state index contributed by atoms with van der Waals surface area (Å²) < 4.78 is 0. The average molecular weight is 174 g/mol. The van der Waals surface area contributed by atoms with E-state index in [-0.39, 0.29) is 5.56 Å². The van der Waals surface area contributed by atoms with Gasteiger partial charge in [-0.3, -0.25) is 4.79 Å². The van der Waals surface area contributed by atoms with Gasteiger partial charge in [0, 0.05) is 10.8 Å². The van der Waals surface area contributed by atoms with Crippen molar-refractivity contribution in [3.63, 3.8) is 0 Å². The summed E-state index contributed by atoms with van der Waals surface area (Å²) in [7, 11) is 3.50. The van der Waals surface area contributed by atoms with Crippen molar-refractivity contribution < 1.29 is 5.02 Å². The fourth-order valence-corrected chi connectivity index (χ4v) is 1.04. The first-order valence-corrected chi connectivity index (χ1v) is 3.56. The topological polar surface area (TPSA) is 66.0 Å². The minimum absolute atomic E-state index is 0.136. The number of H-pyrrole nitrogens is 1. The normalized spacial score (nSPS) is 9.00. The number of fused-ring (bicyclic) bond motifs is 1. The van der Waals surface area contributed by atoms with Gasteiger partial charge in [-0.15, -0.1) is 0 Å². The van der Waals surface area contributed by atoms with Crippen LogP contribution in [0.2, 0.25) is 0 Å². The Kier molecular flexibility index (Phi) is 3.22. The van der Waals surface area contributed by atoms with Crippen molar-refractivity contribution in [1.29, 1.82) is 0 Å². The number of aromatic amines is 1. The Morgan fingerprint density at radius 1 is 1.31 bits per heavy atom. The van der Waals surface area contributed by atoms with Crippen molar-refractivity contribution in [2.75, 3.05) is 0 Å². The largest absolute Gasteiger partial charge is 0.461 e. The van der Waals surface area contributed by atoms with Crippen LogP contribution in [0, 0.1) is 0 Å². The summed E-state index contributed by atoms with van der Waals surface area (Å²) in [5.41, 5.74) is -0.136. The Bertz CT molecular complexity index is 436. The van der Waals surface area contributed by atoms with Crippen LogP contribution in [0.25, 0.3) is 10.8 Å². The molecule has 0 unspecified atom stereocenters. The van der Waals surface area contributed by atoms with E-state index in [1.165, 1.54) is 0 Å². The van der Waals surface area contributed by atoms with Crippen LogP contribution in [-0.4, -0.2) is 23.3 Å². The van der Waals surface area contributed by atoms with Gasteiger partial charge in [0.25, 0.3) is 13.6 Å². The molecule has 0 amide bonds. The van der Waals surface area contributed by atoms with E-state index in [4.69, 9.17) is 5.02 Å². The number of hydrogen-bond donors (Lipinski definition) is 2. The molecule has 1 aromatic heterocycles. The molecule has 64 valence electrons. The maximum Gasteiger partial charge on any atom is 0.277 e. The number of aromatic nitrogens is 2. The molecule has 0 aliphatic heterocycles. The predicted molar refractivity (Wildman–Crippen MR) is 50.3 cm³/mol. The van der Waals surface area contributed by atoms with Crippen LogP contribution >= 0.6 is 0 Å². The summed E-state index contributed by atoms with van der Waals surface area (Å²) in [5.74, 6) is 0. The van der Waals surface area contributed by atoms with Crippen molar-refractivity contribution in [2.24, 2.45) is 0 Å². The first-order valence-electron chi connectivity index (χ1n) is 3.56. The molecule has 0 aliphatic carbocycles. The first kappa shape index (κ1) is 9.47. The molecule has 0 aliphatic rings. The van der Waals surface area contributed by atoms with Crippen LogP contribution in [0.4, 0.5) is 0 Å². The molecule has 1 aromatic carbocycles. The fourth-order valence-electron chi connectivity index (χ4n) is 1.04. The third-order valence-electron chi connectivity index (χ3n) is 1.58. The van der Waals surface area contributed by atoms with E-state index in [1.54, 1.807) is 12.3 Å². The number of benzene rings is 1. The second kappa shape index (κ2) is 4.42. The zero-order chi connectivity index (χ0) is 9.68. The second-order valence-electron chi connectivity index (χ2n) is 2.29. The Hall–Kier alpha value is -1.62. The van der Waals surface area contributed by atoms with Crippen molar-refractivity contribution in [3.8, 4) is 0 Å². The third kappa shape index (κ3) is 1.94. The molecule has 2 radical (unpaired) electrons. The lowest BCUT2D eigenvalue weighted by Gasteiger charge is -1.91. The van der Waals surface area contributed by atoms with E-state index in [0.717, 1.165) is 5.39 Å². The number of nitrogens with one attached hydrogen (secondary N) is 1. The smallest absolute Gasteiger partial charge is 0.277 e. The Labute approximate surface area is 75.7 Å². The summed E-state index contributed by atoms with van der Waals surface area (Å²) in [4.78, 5) is 11.1. The Morgan fingerprint density at radius 2 is 2.00 bits per heavy atom. The highest BCUT2D eigenvalue weighted by molar-refractivity contribution is 5.95. The van der Waals surface area contributed by atoms with E-state index in [2.05, 4.69) is 18.2 Å².